The molecule has 2 N–H and O–H groups in total. The normalized spacial score (nSPS) is 12.3. The molecule has 0 aromatic heterocycles. The number of aromatic hydroxyl groups is 1. The van der Waals surface area contributed by atoms with E-state index in [1.54, 1.807) is 36.4 Å². The summed E-state index contributed by atoms with van der Waals surface area (Å²) in [7, 11) is 1.46. The monoisotopic (exact) mass is 430 g/mol. The number of anilines is 1. The van der Waals surface area contributed by atoms with Crippen LogP contribution in [0.25, 0.3) is 0 Å². The summed E-state index contributed by atoms with van der Waals surface area (Å²) in [6.45, 7) is 0.0626. The molecule has 158 valence electrons. The van der Waals surface area contributed by atoms with E-state index in [1.165, 1.54) is 19.2 Å². The molecule has 0 bridgehead atoms. The molecule has 0 fully saturated rings. The Morgan fingerprint density at radius 2 is 1.83 bits per heavy atom. The van der Waals surface area contributed by atoms with Crippen molar-refractivity contribution in [2.24, 2.45) is 0 Å². The molecule has 2 rings (SSSR count). The highest BCUT2D eigenvalue weighted by Crippen LogP contribution is 2.28. The van der Waals surface area contributed by atoms with Crippen LogP contribution < -0.4 is 5.32 Å². The minimum Gasteiger partial charge on any atom is -0.508 e. The molecule has 0 unspecified atom stereocenters. The number of ether oxygens (including phenoxy) is 3. The summed E-state index contributed by atoms with van der Waals surface area (Å²) < 4.78 is 16.1. The number of carbonyl (C=O) groups is 2. The fraction of sp³-hybridized carbons (Fsp3) is 0.286. The molecule has 0 aliphatic rings. The number of esters is 1. The quantitative estimate of drug-likeness (QED) is 0.412. The summed E-state index contributed by atoms with van der Waals surface area (Å²) in [4.78, 5) is 23.8. The maximum atomic E-state index is 12.5. The van der Waals surface area contributed by atoms with Gasteiger partial charge in [-0.25, -0.2) is 4.79 Å². The second-order valence-electron chi connectivity index (χ2n) is 6.17. The van der Waals surface area contributed by atoms with Gasteiger partial charge in [-0.05, 0) is 42.0 Å². The third-order valence-electron chi connectivity index (χ3n) is 4.15. The van der Waals surface area contributed by atoms with Gasteiger partial charge >= 0.3 is 12.1 Å². The van der Waals surface area contributed by atoms with Crippen LogP contribution in [0.15, 0.2) is 48.5 Å². The number of methoxy groups -OCH3 is 1. The summed E-state index contributed by atoms with van der Waals surface area (Å²) in [5.41, 5.74) is 1.52. The number of carbonyl (C=O) groups excluding carboxylic acids is 2. The Morgan fingerprint density at radius 1 is 1.17 bits per heavy atom. The van der Waals surface area contributed by atoms with Gasteiger partial charge < -0.3 is 19.3 Å². The topological polar surface area (TPSA) is 118 Å². The average Bonchev–Trinajstić information content (AvgIpc) is 2.76. The molecular formula is C21H22N2O6S. The van der Waals surface area contributed by atoms with Gasteiger partial charge in [0, 0.05) is 19.2 Å². The molecule has 2 aromatic carbocycles. The van der Waals surface area contributed by atoms with Crippen molar-refractivity contribution in [2.75, 3.05) is 24.8 Å². The van der Waals surface area contributed by atoms with Gasteiger partial charge in [0.15, 0.2) is 6.10 Å². The van der Waals surface area contributed by atoms with Gasteiger partial charge in [-0.3, -0.25) is 10.1 Å². The minimum absolute atomic E-state index is 0.0392. The first kappa shape index (κ1) is 23.1. The van der Waals surface area contributed by atoms with Gasteiger partial charge in [-0.2, -0.15) is 17.9 Å². The van der Waals surface area contributed by atoms with Gasteiger partial charge in [-0.15, -0.1) is 0 Å². The number of hydrogen-bond acceptors (Lipinski definition) is 8. The lowest BCUT2D eigenvalue weighted by Crippen LogP contribution is -2.29. The van der Waals surface area contributed by atoms with Crippen LogP contribution in [-0.2, 0) is 19.0 Å². The van der Waals surface area contributed by atoms with Gasteiger partial charge in [0.25, 0.3) is 0 Å². The number of nitriles is 1. The first-order valence-corrected chi connectivity index (χ1v) is 9.66. The highest BCUT2D eigenvalue weighted by atomic mass is 32.1. The zero-order chi connectivity index (χ0) is 21.9. The third-order valence-corrected chi connectivity index (χ3v) is 4.41. The molecule has 0 saturated carbocycles. The van der Waals surface area contributed by atoms with Crippen LogP contribution in [0.1, 0.15) is 23.7 Å². The molecular weight excluding hydrogens is 408 g/mol. The highest BCUT2D eigenvalue weighted by Gasteiger charge is 2.27. The lowest BCUT2D eigenvalue weighted by Gasteiger charge is -2.26. The molecule has 2 aromatic rings. The third kappa shape index (κ3) is 6.99. The zero-order valence-electron chi connectivity index (χ0n) is 16.3. The van der Waals surface area contributed by atoms with Crippen LogP contribution in [-0.4, -0.2) is 42.7 Å². The van der Waals surface area contributed by atoms with E-state index in [2.05, 4.69) is 17.9 Å². The Hall–Kier alpha value is -3.22. The average molecular weight is 430 g/mol. The van der Waals surface area contributed by atoms with Crippen molar-refractivity contribution >= 4 is 30.4 Å². The van der Waals surface area contributed by atoms with E-state index >= 15 is 0 Å². The predicted molar refractivity (Wildman–Crippen MR) is 112 cm³/mol. The number of amides is 1. The number of benzene rings is 2. The maximum absolute atomic E-state index is 12.5. The fourth-order valence-electron chi connectivity index (χ4n) is 2.64. The van der Waals surface area contributed by atoms with Crippen LogP contribution in [0.4, 0.5) is 10.5 Å². The largest absolute Gasteiger partial charge is 0.508 e. The van der Waals surface area contributed by atoms with Gasteiger partial charge in [-0.1, -0.05) is 12.1 Å². The van der Waals surface area contributed by atoms with Crippen molar-refractivity contribution in [2.45, 2.75) is 18.6 Å². The second-order valence-corrected chi connectivity index (χ2v) is 6.49. The second kappa shape index (κ2) is 11.7. The van der Waals surface area contributed by atoms with Crippen LogP contribution in [0, 0.1) is 11.3 Å². The molecule has 8 nitrogen and oxygen atoms in total. The maximum Gasteiger partial charge on any atom is 0.412 e. The Labute approximate surface area is 179 Å². The standard InChI is InChI=1S/C21H22N2O6S/c1-27-18(10-11-28-19(25)13-30)20(15-4-8-17(24)9-5-15)29-21(26)23-16-6-2-14(12-22)3-7-16/h2-9,18,20,24,30H,10-11,13H2,1H3,(H,23,26)/t18-,20-/m1/s1. The summed E-state index contributed by atoms with van der Waals surface area (Å²) in [5, 5.41) is 21.0. The van der Waals surface area contributed by atoms with Crippen molar-refractivity contribution in [3.63, 3.8) is 0 Å². The van der Waals surface area contributed by atoms with Crippen LogP contribution in [0.5, 0.6) is 5.75 Å². The predicted octanol–water partition coefficient (Wildman–Crippen LogP) is 3.43. The summed E-state index contributed by atoms with van der Waals surface area (Å²) in [6.07, 6.45) is -1.91. The molecule has 0 radical (unpaired) electrons. The summed E-state index contributed by atoms with van der Waals surface area (Å²) >= 11 is 3.85. The molecule has 9 heteroatoms. The van der Waals surface area contributed by atoms with Crippen LogP contribution >= 0.6 is 12.6 Å². The summed E-state index contributed by atoms with van der Waals surface area (Å²) in [5.74, 6) is -0.437. The van der Waals surface area contributed by atoms with E-state index < -0.39 is 24.3 Å². The van der Waals surface area contributed by atoms with Gasteiger partial charge in [0.05, 0.1) is 24.0 Å². The number of thiol groups is 1. The molecule has 0 aliphatic carbocycles. The molecule has 0 heterocycles. The zero-order valence-corrected chi connectivity index (χ0v) is 17.2. The highest BCUT2D eigenvalue weighted by molar-refractivity contribution is 7.81. The van der Waals surface area contributed by atoms with Crippen molar-refractivity contribution < 1.29 is 28.9 Å². The Morgan fingerprint density at radius 3 is 2.40 bits per heavy atom. The molecule has 0 saturated heterocycles. The first-order valence-electron chi connectivity index (χ1n) is 9.02. The number of phenolic OH excluding ortho intramolecular Hbond substituents is 1. The van der Waals surface area contributed by atoms with Crippen LogP contribution in [0.3, 0.4) is 0 Å². The molecule has 0 aliphatic heterocycles. The number of rotatable bonds is 9. The SMILES string of the molecule is CO[C@H](CCOC(=O)CS)[C@H](OC(=O)Nc1ccc(C#N)cc1)c1ccc(O)cc1. The first-order chi connectivity index (χ1) is 14.5. The lowest BCUT2D eigenvalue weighted by molar-refractivity contribution is -0.141. The van der Waals surface area contributed by atoms with E-state index in [0.29, 0.717) is 16.8 Å². The van der Waals surface area contributed by atoms with Crippen molar-refractivity contribution in [1.29, 1.82) is 5.26 Å². The molecule has 30 heavy (non-hydrogen) atoms. The fourth-order valence-corrected chi connectivity index (χ4v) is 2.73. The van der Waals surface area contributed by atoms with E-state index in [-0.39, 0.29) is 24.5 Å². The molecule has 1 amide bonds. The minimum atomic E-state index is -0.830. The Kier molecular flexibility index (Phi) is 9.00. The van der Waals surface area contributed by atoms with Gasteiger partial charge in [0.1, 0.15) is 11.9 Å². The van der Waals surface area contributed by atoms with Crippen LogP contribution in [0.2, 0.25) is 0 Å². The van der Waals surface area contributed by atoms with Crippen molar-refractivity contribution in [1.82, 2.24) is 0 Å². The van der Waals surface area contributed by atoms with E-state index in [4.69, 9.17) is 19.5 Å². The molecule has 0 spiro atoms. The van der Waals surface area contributed by atoms with Crippen molar-refractivity contribution in [3.8, 4) is 11.8 Å². The lowest BCUT2D eigenvalue weighted by atomic mass is 10.0. The van der Waals surface area contributed by atoms with Crippen molar-refractivity contribution in [3.05, 3.63) is 59.7 Å². The van der Waals surface area contributed by atoms with E-state index in [1.807, 2.05) is 6.07 Å². The molecule has 2 atom stereocenters. The Balaban J connectivity index is 2.13. The smallest absolute Gasteiger partial charge is 0.412 e. The van der Waals surface area contributed by atoms with Gasteiger partial charge in [0.2, 0.25) is 0 Å². The number of nitrogens with one attached hydrogen (secondary N) is 1. The number of phenols is 1. The number of nitrogens with zero attached hydrogens (tertiary/aromatic N) is 1. The van der Waals surface area contributed by atoms with E-state index in [0.717, 1.165) is 0 Å². The van der Waals surface area contributed by atoms with E-state index in [9.17, 15) is 14.7 Å². The summed E-state index contributed by atoms with van der Waals surface area (Å²) in [6, 6.07) is 14.5. The number of hydrogen-bond donors (Lipinski definition) is 3. The Bertz CT molecular complexity index is 880.